The lowest BCUT2D eigenvalue weighted by atomic mass is 10.1. The molecule has 27 heavy (non-hydrogen) atoms. The summed E-state index contributed by atoms with van der Waals surface area (Å²) in [4.78, 5) is 20.8. The van der Waals surface area contributed by atoms with E-state index in [0.717, 1.165) is 25.9 Å². The van der Waals surface area contributed by atoms with Gasteiger partial charge in [-0.25, -0.2) is 4.79 Å². The third-order valence-corrected chi connectivity index (χ3v) is 4.64. The van der Waals surface area contributed by atoms with Crippen LogP contribution in [0.25, 0.3) is 0 Å². The normalized spacial score (nSPS) is 15.1. The molecule has 1 saturated heterocycles. The number of nitrogens with zero attached hydrogens (tertiary/aromatic N) is 4. The van der Waals surface area contributed by atoms with Crippen LogP contribution in [-0.2, 0) is 0 Å². The Morgan fingerprint density at radius 2 is 2.15 bits per heavy atom. The van der Waals surface area contributed by atoms with Crippen molar-refractivity contribution in [1.82, 2.24) is 9.88 Å². The fourth-order valence-corrected chi connectivity index (χ4v) is 3.10. The number of rotatable bonds is 5. The maximum atomic E-state index is 12.9. The number of benzene rings is 1. The number of hydrogen-bond donors (Lipinski definition) is 2. The van der Waals surface area contributed by atoms with Crippen LogP contribution in [0.4, 0.5) is 16.2 Å². The molecule has 0 bridgehead atoms. The van der Waals surface area contributed by atoms with Gasteiger partial charge in [0.1, 0.15) is 0 Å². The van der Waals surface area contributed by atoms with Crippen LogP contribution in [0.2, 0.25) is 0 Å². The van der Waals surface area contributed by atoms with E-state index in [1.54, 1.807) is 47.6 Å². The zero-order valence-electron chi connectivity index (χ0n) is 15.1. The van der Waals surface area contributed by atoms with Crippen molar-refractivity contribution in [1.29, 1.82) is 5.26 Å². The fourth-order valence-electron chi connectivity index (χ4n) is 3.10. The molecular weight excluding hydrogens is 342 g/mol. The first-order valence-corrected chi connectivity index (χ1v) is 9.05. The summed E-state index contributed by atoms with van der Waals surface area (Å²) < 4.78 is 0. The highest BCUT2D eigenvalue weighted by Crippen LogP contribution is 2.18. The van der Waals surface area contributed by atoms with Crippen molar-refractivity contribution in [3.63, 3.8) is 0 Å². The molecule has 140 valence electrons. The van der Waals surface area contributed by atoms with Crippen molar-refractivity contribution >= 4 is 17.4 Å². The first-order chi connectivity index (χ1) is 13.2. The second-order valence-electron chi connectivity index (χ2n) is 6.56. The summed E-state index contributed by atoms with van der Waals surface area (Å²) in [5.41, 5.74) is 1.80. The molecule has 1 aliphatic heterocycles. The van der Waals surface area contributed by atoms with Crippen LogP contribution in [0.15, 0.2) is 48.8 Å². The van der Waals surface area contributed by atoms with Crippen molar-refractivity contribution in [2.75, 3.05) is 36.4 Å². The van der Waals surface area contributed by atoms with Gasteiger partial charge in [0.25, 0.3) is 0 Å². The van der Waals surface area contributed by atoms with E-state index in [0.29, 0.717) is 30.0 Å². The van der Waals surface area contributed by atoms with Gasteiger partial charge in [-0.05, 0) is 43.2 Å². The monoisotopic (exact) mass is 365 g/mol. The predicted molar refractivity (Wildman–Crippen MR) is 103 cm³/mol. The Morgan fingerprint density at radius 3 is 2.85 bits per heavy atom. The van der Waals surface area contributed by atoms with Gasteiger partial charge in [0.05, 0.1) is 29.6 Å². The first-order valence-electron chi connectivity index (χ1n) is 9.05. The number of likely N-dealkylation sites (tertiary alicyclic amines) is 1. The number of aliphatic hydroxyl groups is 1. The van der Waals surface area contributed by atoms with Gasteiger partial charge in [-0.2, -0.15) is 5.26 Å². The molecule has 0 spiro atoms. The molecule has 7 heteroatoms. The summed E-state index contributed by atoms with van der Waals surface area (Å²) in [5, 5.41) is 21.7. The van der Waals surface area contributed by atoms with Gasteiger partial charge in [-0.3, -0.25) is 9.88 Å². The number of urea groups is 1. The summed E-state index contributed by atoms with van der Waals surface area (Å²) in [6.45, 7) is 2.82. The predicted octanol–water partition coefficient (Wildman–Crippen LogP) is 2.45. The van der Waals surface area contributed by atoms with Crippen LogP contribution in [0.1, 0.15) is 18.4 Å². The first kappa shape index (κ1) is 18.8. The van der Waals surface area contributed by atoms with E-state index < -0.39 is 0 Å². The molecular formula is C20H23N5O2. The molecule has 2 aromatic rings. The Kier molecular flexibility index (Phi) is 6.36. The van der Waals surface area contributed by atoms with Crippen molar-refractivity contribution in [2.45, 2.75) is 18.9 Å². The standard InChI is InChI=1S/C20H23N5O2/c21-14-16-3-1-5-18(13-16)25(12-11-24-9-6-19(26)7-10-24)20(27)23-17-4-2-8-22-15-17/h1-5,8,13,15,19,26H,6-7,9-12H2,(H,23,27). The molecule has 1 aromatic heterocycles. The molecule has 2 heterocycles. The largest absolute Gasteiger partial charge is 0.393 e. The number of nitriles is 1. The van der Waals surface area contributed by atoms with Crippen LogP contribution in [0.3, 0.4) is 0 Å². The van der Waals surface area contributed by atoms with Crippen molar-refractivity contribution in [3.8, 4) is 6.07 Å². The Morgan fingerprint density at radius 1 is 1.33 bits per heavy atom. The lowest BCUT2D eigenvalue weighted by Gasteiger charge is -2.32. The third-order valence-electron chi connectivity index (χ3n) is 4.64. The smallest absolute Gasteiger partial charge is 0.326 e. The highest BCUT2D eigenvalue weighted by molar-refractivity contribution is 6.01. The molecule has 0 radical (unpaired) electrons. The third kappa shape index (κ3) is 5.26. The maximum absolute atomic E-state index is 12.9. The van der Waals surface area contributed by atoms with Crippen LogP contribution in [0.5, 0.6) is 0 Å². The summed E-state index contributed by atoms with van der Waals surface area (Å²) in [6.07, 6.45) is 4.53. The Labute approximate surface area is 158 Å². The molecule has 3 rings (SSSR count). The summed E-state index contributed by atoms with van der Waals surface area (Å²) >= 11 is 0. The van der Waals surface area contributed by atoms with E-state index in [9.17, 15) is 9.90 Å². The molecule has 0 saturated carbocycles. The zero-order valence-corrected chi connectivity index (χ0v) is 15.1. The molecule has 0 unspecified atom stereocenters. The van der Waals surface area contributed by atoms with Gasteiger partial charge in [-0.15, -0.1) is 0 Å². The molecule has 0 aliphatic carbocycles. The minimum absolute atomic E-state index is 0.224. The lowest BCUT2D eigenvalue weighted by molar-refractivity contribution is 0.0840. The second kappa shape index (κ2) is 9.12. The number of amides is 2. The van der Waals surface area contributed by atoms with Crippen LogP contribution in [0, 0.1) is 11.3 Å². The summed E-state index contributed by atoms with van der Waals surface area (Å²) in [6, 6.07) is 12.4. The van der Waals surface area contributed by atoms with Crippen molar-refractivity contribution in [2.24, 2.45) is 0 Å². The molecule has 7 nitrogen and oxygen atoms in total. The second-order valence-corrected chi connectivity index (χ2v) is 6.56. The van der Waals surface area contributed by atoms with Gasteiger partial charge in [0, 0.05) is 38.1 Å². The average Bonchev–Trinajstić information content (AvgIpc) is 2.70. The maximum Gasteiger partial charge on any atom is 0.326 e. The number of hydrogen-bond acceptors (Lipinski definition) is 5. The molecule has 1 aromatic carbocycles. The summed E-state index contributed by atoms with van der Waals surface area (Å²) in [5.74, 6) is 0. The molecule has 0 atom stereocenters. The molecule has 1 fully saturated rings. The SMILES string of the molecule is N#Cc1cccc(N(CCN2CCC(O)CC2)C(=O)Nc2cccnc2)c1. The van der Waals surface area contributed by atoms with E-state index in [1.807, 2.05) is 6.07 Å². The van der Waals surface area contributed by atoms with E-state index >= 15 is 0 Å². The Bertz CT molecular complexity index is 798. The zero-order chi connectivity index (χ0) is 19.1. The number of aromatic nitrogens is 1. The van der Waals surface area contributed by atoms with E-state index in [2.05, 4.69) is 21.3 Å². The highest BCUT2D eigenvalue weighted by Gasteiger charge is 2.21. The molecule has 1 aliphatic rings. The van der Waals surface area contributed by atoms with E-state index in [1.165, 1.54) is 0 Å². The van der Waals surface area contributed by atoms with Gasteiger partial charge >= 0.3 is 6.03 Å². The number of nitrogens with one attached hydrogen (secondary N) is 1. The van der Waals surface area contributed by atoms with Crippen LogP contribution >= 0.6 is 0 Å². The van der Waals surface area contributed by atoms with E-state index in [-0.39, 0.29) is 12.1 Å². The molecule has 2 N–H and O–H groups in total. The molecule has 2 amide bonds. The quantitative estimate of drug-likeness (QED) is 0.849. The van der Waals surface area contributed by atoms with Crippen molar-refractivity contribution < 1.29 is 9.90 Å². The number of carbonyl (C=O) groups is 1. The van der Waals surface area contributed by atoms with Gasteiger partial charge < -0.3 is 15.3 Å². The number of anilines is 2. The average molecular weight is 365 g/mol. The van der Waals surface area contributed by atoms with Gasteiger partial charge in [-0.1, -0.05) is 6.07 Å². The Balaban J connectivity index is 1.73. The van der Waals surface area contributed by atoms with Crippen LogP contribution in [-0.4, -0.2) is 53.3 Å². The van der Waals surface area contributed by atoms with Gasteiger partial charge in [0.15, 0.2) is 0 Å². The number of aliphatic hydroxyl groups excluding tert-OH is 1. The minimum atomic E-state index is -0.268. The summed E-state index contributed by atoms with van der Waals surface area (Å²) in [7, 11) is 0. The highest BCUT2D eigenvalue weighted by atomic mass is 16.3. The fraction of sp³-hybridized carbons (Fsp3) is 0.350. The Hall–Kier alpha value is -2.95. The minimum Gasteiger partial charge on any atom is -0.393 e. The topological polar surface area (TPSA) is 92.5 Å². The van der Waals surface area contributed by atoms with Crippen LogP contribution < -0.4 is 10.2 Å². The van der Waals surface area contributed by atoms with E-state index in [4.69, 9.17) is 5.26 Å². The van der Waals surface area contributed by atoms with Crippen molar-refractivity contribution in [3.05, 3.63) is 54.4 Å². The number of piperidine rings is 1. The number of carbonyl (C=O) groups excluding carboxylic acids is 1. The number of pyridine rings is 1. The van der Waals surface area contributed by atoms with Gasteiger partial charge in [0.2, 0.25) is 0 Å². The lowest BCUT2D eigenvalue weighted by Crippen LogP contribution is -2.44.